The first-order chi connectivity index (χ1) is 28.3. The third-order valence-corrected chi connectivity index (χ3v) is 10.8. The highest BCUT2D eigenvalue weighted by molar-refractivity contribution is 6.01. The Hall–Kier alpha value is -7.62. The van der Waals surface area contributed by atoms with Crippen LogP contribution in [0.4, 0.5) is 45.5 Å². The van der Waals surface area contributed by atoms with Crippen LogP contribution in [-0.2, 0) is 0 Å². The van der Waals surface area contributed by atoms with Crippen molar-refractivity contribution in [3.05, 3.63) is 231 Å². The summed E-state index contributed by atoms with van der Waals surface area (Å²) in [5, 5.41) is 3.81. The van der Waals surface area contributed by atoms with Crippen molar-refractivity contribution in [1.82, 2.24) is 0 Å². The van der Waals surface area contributed by atoms with E-state index in [0.717, 1.165) is 45.5 Å². The molecule has 270 valence electrons. The molecule has 0 saturated carbocycles. The van der Waals surface area contributed by atoms with E-state index in [1.807, 2.05) is 0 Å². The van der Waals surface area contributed by atoms with Crippen molar-refractivity contribution in [1.29, 1.82) is 0 Å². The van der Waals surface area contributed by atoms with Gasteiger partial charge in [0, 0.05) is 56.6 Å². The topological polar surface area (TPSA) is 18.5 Å². The van der Waals surface area contributed by atoms with E-state index >= 15 is 0 Å². The van der Waals surface area contributed by atoms with Crippen LogP contribution in [0.3, 0.4) is 0 Å². The van der Waals surface area contributed by atoms with Gasteiger partial charge in [-0.15, -0.1) is 0 Å². The molecule has 0 aromatic heterocycles. The minimum Gasteiger partial charge on any atom is -0.355 e. The van der Waals surface area contributed by atoms with Crippen LogP contribution < -0.4 is 15.1 Å². The fourth-order valence-corrected chi connectivity index (χ4v) is 8.02. The molecule has 1 heterocycles. The largest absolute Gasteiger partial charge is 0.355 e. The van der Waals surface area contributed by atoms with E-state index < -0.39 is 0 Å². The molecule has 9 aromatic rings. The van der Waals surface area contributed by atoms with Crippen molar-refractivity contribution >= 4 is 45.5 Å². The van der Waals surface area contributed by atoms with Crippen molar-refractivity contribution in [2.24, 2.45) is 0 Å². The van der Waals surface area contributed by atoms with Crippen molar-refractivity contribution in [2.75, 3.05) is 15.1 Å². The van der Waals surface area contributed by atoms with Crippen molar-refractivity contribution in [3.8, 4) is 44.5 Å². The molecule has 3 nitrogen and oxygen atoms in total. The second-order valence-corrected chi connectivity index (χ2v) is 14.3. The standard InChI is InChI=1S/C54H39N3/c1-5-15-43(16-6-1)56(44-17-7-2-8-18-44)47-31-25-39(26-32-47)41-29-35-53-51(37-41)49-23-13-14-24-50(49)52-38-42(30-36-54(52)55-53)40-27-33-48(34-28-40)57(45-19-9-3-10-20-45)46-21-11-4-12-22-46/h1-38,55H. The normalized spacial score (nSPS) is 11.3. The molecule has 1 N–H and O–H groups in total. The number of anilines is 8. The summed E-state index contributed by atoms with van der Waals surface area (Å²) in [6, 6.07) is 82.3. The smallest absolute Gasteiger partial charge is 0.0464 e. The van der Waals surface area contributed by atoms with Gasteiger partial charge in [-0.2, -0.15) is 0 Å². The van der Waals surface area contributed by atoms with Crippen molar-refractivity contribution < 1.29 is 0 Å². The molecule has 10 rings (SSSR count). The predicted octanol–water partition coefficient (Wildman–Crippen LogP) is 15.4. The van der Waals surface area contributed by atoms with Crippen LogP contribution in [0.2, 0.25) is 0 Å². The van der Waals surface area contributed by atoms with Gasteiger partial charge < -0.3 is 15.1 Å². The third kappa shape index (κ3) is 6.62. The molecule has 3 heteroatoms. The highest BCUT2D eigenvalue weighted by Gasteiger charge is 2.21. The molecule has 0 atom stereocenters. The van der Waals surface area contributed by atoms with Gasteiger partial charge in [-0.05, 0) is 130 Å². The lowest BCUT2D eigenvalue weighted by Crippen LogP contribution is -2.09. The number of hydrogen-bond donors (Lipinski definition) is 1. The number of nitrogens with one attached hydrogen (secondary N) is 1. The number of fused-ring (bicyclic) bond motifs is 5. The van der Waals surface area contributed by atoms with Gasteiger partial charge in [-0.1, -0.05) is 133 Å². The maximum Gasteiger partial charge on any atom is 0.0464 e. The lowest BCUT2D eigenvalue weighted by molar-refractivity contribution is 1.28. The van der Waals surface area contributed by atoms with Gasteiger partial charge in [-0.25, -0.2) is 0 Å². The van der Waals surface area contributed by atoms with Crippen LogP contribution in [0, 0.1) is 0 Å². The van der Waals surface area contributed by atoms with Crippen LogP contribution in [0.1, 0.15) is 0 Å². The van der Waals surface area contributed by atoms with Gasteiger partial charge in [0.2, 0.25) is 0 Å². The highest BCUT2D eigenvalue weighted by Crippen LogP contribution is 2.47. The molecule has 0 spiro atoms. The third-order valence-electron chi connectivity index (χ3n) is 10.8. The minimum atomic E-state index is 1.10. The van der Waals surface area contributed by atoms with Crippen LogP contribution in [0.25, 0.3) is 44.5 Å². The van der Waals surface area contributed by atoms with Gasteiger partial charge in [0.1, 0.15) is 0 Å². The summed E-state index contributed by atoms with van der Waals surface area (Å²) in [4.78, 5) is 4.59. The molecule has 0 aliphatic carbocycles. The van der Waals surface area contributed by atoms with E-state index in [1.54, 1.807) is 0 Å². The fourth-order valence-electron chi connectivity index (χ4n) is 8.02. The monoisotopic (exact) mass is 729 g/mol. The Bertz CT molecular complexity index is 2510. The molecule has 0 fully saturated rings. The zero-order valence-corrected chi connectivity index (χ0v) is 31.3. The lowest BCUT2D eigenvalue weighted by Gasteiger charge is -2.25. The Kier molecular flexibility index (Phi) is 8.86. The highest BCUT2D eigenvalue weighted by atomic mass is 15.1. The zero-order chi connectivity index (χ0) is 38.0. The number of benzene rings is 9. The zero-order valence-electron chi connectivity index (χ0n) is 31.3. The fraction of sp³-hybridized carbons (Fsp3) is 0. The number of rotatable bonds is 8. The first kappa shape index (κ1) is 33.9. The first-order valence-electron chi connectivity index (χ1n) is 19.4. The molecule has 9 aromatic carbocycles. The molecular formula is C54H39N3. The number of para-hydroxylation sites is 4. The molecule has 0 radical (unpaired) electrons. The van der Waals surface area contributed by atoms with E-state index in [0.29, 0.717) is 0 Å². The van der Waals surface area contributed by atoms with Crippen LogP contribution >= 0.6 is 0 Å². The average Bonchev–Trinajstić information content (AvgIpc) is 3.42. The summed E-state index contributed by atoms with van der Waals surface area (Å²) in [6.07, 6.45) is 0. The van der Waals surface area contributed by atoms with Crippen molar-refractivity contribution in [2.45, 2.75) is 0 Å². The second kappa shape index (κ2) is 14.9. The molecular weight excluding hydrogens is 691 g/mol. The minimum absolute atomic E-state index is 1.10. The summed E-state index contributed by atoms with van der Waals surface area (Å²) < 4.78 is 0. The summed E-state index contributed by atoms with van der Waals surface area (Å²) in [7, 11) is 0. The van der Waals surface area contributed by atoms with E-state index in [9.17, 15) is 0 Å². The number of hydrogen-bond acceptors (Lipinski definition) is 3. The van der Waals surface area contributed by atoms with Crippen LogP contribution in [0.5, 0.6) is 0 Å². The maximum absolute atomic E-state index is 3.81. The Morgan fingerprint density at radius 3 is 0.842 bits per heavy atom. The summed E-state index contributed by atoms with van der Waals surface area (Å²) >= 11 is 0. The van der Waals surface area contributed by atoms with Gasteiger partial charge in [0.25, 0.3) is 0 Å². The SMILES string of the molecule is c1ccc(N(c2ccccc2)c2ccc(-c3ccc4c(c3)-c3ccccc3-c3cc(-c5ccc(N(c6ccccc6)c6ccccc6)cc5)ccc3N4)cc2)cc1. The van der Waals surface area contributed by atoms with Crippen molar-refractivity contribution in [3.63, 3.8) is 0 Å². The Labute approximate surface area is 334 Å². The van der Waals surface area contributed by atoms with E-state index in [2.05, 4.69) is 246 Å². The van der Waals surface area contributed by atoms with E-state index in [1.165, 1.54) is 44.5 Å². The quantitative estimate of drug-likeness (QED) is 0.168. The molecule has 0 bridgehead atoms. The molecule has 1 aliphatic heterocycles. The molecule has 0 saturated heterocycles. The van der Waals surface area contributed by atoms with Crippen LogP contribution in [-0.4, -0.2) is 0 Å². The average molecular weight is 730 g/mol. The Morgan fingerprint density at radius 2 is 0.509 bits per heavy atom. The van der Waals surface area contributed by atoms with Crippen LogP contribution in [0.15, 0.2) is 231 Å². The maximum atomic E-state index is 3.81. The van der Waals surface area contributed by atoms with E-state index in [-0.39, 0.29) is 0 Å². The van der Waals surface area contributed by atoms with Gasteiger partial charge in [0.15, 0.2) is 0 Å². The summed E-state index contributed by atoms with van der Waals surface area (Å²) in [5.74, 6) is 0. The molecule has 0 amide bonds. The van der Waals surface area contributed by atoms with E-state index in [4.69, 9.17) is 0 Å². The Balaban J connectivity index is 0.974. The first-order valence-corrected chi connectivity index (χ1v) is 19.4. The second-order valence-electron chi connectivity index (χ2n) is 14.3. The Morgan fingerprint density at radius 1 is 0.228 bits per heavy atom. The lowest BCUT2D eigenvalue weighted by atomic mass is 9.91. The summed E-state index contributed by atoms with van der Waals surface area (Å²) in [5.41, 5.74) is 18.4. The predicted molar refractivity (Wildman–Crippen MR) is 241 cm³/mol. The molecule has 1 aliphatic rings. The van der Waals surface area contributed by atoms with Gasteiger partial charge in [0.05, 0.1) is 0 Å². The molecule has 57 heavy (non-hydrogen) atoms. The number of nitrogens with zero attached hydrogens (tertiary/aromatic N) is 2. The molecule has 0 unspecified atom stereocenters. The van der Waals surface area contributed by atoms with Gasteiger partial charge in [-0.3, -0.25) is 0 Å². The van der Waals surface area contributed by atoms with Gasteiger partial charge >= 0.3 is 0 Å². The summed E-state index contributed by atoms with van der Waals surface area (Å²) in [6.45, 7) is 0.